The average Bonchev–Trinajstić information content (AvgIpc) is 2.95. The normalized spacial score (nSPS) is 22.3. The molecule has 2 rings (SSSR count). The monoisotopic (exact) mass is 295 g/mol. The molecule has 1 saturated carbocycles. The van der Waals surface area contributed by atoms with E-state index in [0.717, 1.165) is 57.9 Å². The Bertz CT molecular complexity index is 370. The van der Waals surface area contributed by atoms with Gasteiger partial charge in [0.05, 0.1) is 5.54 Å². The van der Waals surface area contributed by atoms with Crippen molar-refractivity contribution in [1.29, 1.82) is 0 Å². The van der Waals surface area contributed by atoms with E-state index >= 15 is 0 Å². The van der Waals surface area contributed by atoms with Gasteiger partial charge in [-0.15, -0.1) is 0 Å². The van der Waals surface area contributed by atoms with Gasteiger partial charge in [0.1, 0.15) is 0 Å². The summed E-state index contributed by atoms with van der Waals surface area (Å²) >= 11 is 0. The molecule has 0 aromatic carbocycles. The van der Waals surface area contributed by atoms with Crippen molar-refractivity contribution in [3.8, 4) is 0 Å². The summed E-state index contributed by atoms with van der Waals surface area (Å²) in [6.45, 7) is 4.22. The van der Waals surface area contributed by atoms with E-state index in [1.807, 2.05) is 4.90 Å². The summed E-state index contributed by atoms with van der Waals surface area (Å²) in [5.41, 5.74) is 5.61. The largest absolute Gasteiger partial charge is 0.356 e. The minimum atomic E-state index is -0.629. The van der Waals surface area contributed by atoms with Crippen LogP contribution in [0.4, 0.5) is 0 Å². The van der Waals surface area contributed by atoms with Crippen LogP contribution < -0.4 is 11.1 Å². The van der Waals surface area contributed by atoms with Crippen molar-refractivity contribution in [1.82, 2.24) is 10.2 Å². The quantitative estimate of drug-likeness (QED) is 0.753. The molecule has 0 unspecified atom stereocenters. The Morgan fingerprint density at radius 3 is 2.43 bits per heavy atom. The first kappa shape index (κ1) is 16.3. The van der Waals surface area contributed by atoms with E-state index in [-0.39, 0.29) is 17.7 Å². The van der Waals surface area contributed by atoms with Gasteiger partial charge in [-0.05, 0) is 32.1 Å². The van der Waals surface area contributed by atoms with Crippen molar-refractivity contribution in [2.45, 2.75) is 63.8 Å². The van der Waals surface area contributed by atoms with Crippen LogP contribution in [0.1, 0.15) is 58.3 Å². The smallest absolute Gasteiger partial charge is 0.242 e. The van der Waals surface area contributed by atoms with E-state index in [0.29, 0.717) is 13.1 Å². The Kier molecular flexibility index (Phi) is 5.62. The number of nitrogens with one attached hydrogen (secondary N) is 1. The van der Waals surface area contributed by atoms with Crippen LogP contribution in [-0.2, 0) is 9.59 Å². The fraction of sp³-hybridized carbons (Fsp3) is 0.875. The molecule has 120 valence electrons. The summed E-state index contributed by atoms with van der Waals surface area (Å²) in [6.07, 6.45) is 7.37. The van der Waals surface area contributed by atoms with Gasteiger partial charge in [-0.3, -0.25) is 9.59 Å². The van der Waals surface area contributed by atoms with Crippen LogP contribution in [0.25, 0.3) is 0 Å². The highest BCUT2D eigenvalue weighted by molar-refractivity contribution is 5.87. The van der Waals surface area contributed by atoms with Crippen LogP contribution in [0.15, 0.2) is 0 Å². The number of hydrogen-bond acceptors (Lipinski definition) is 3. The number of amides is 2. The maximum absolute atomic E-state index is 12.5. The fourth-order valence-electron chi connectivity index (χ4n) is 3.41. The number of unbranched alkanes of at least 4 members (excludes halogenated alkanes) is 1. The average molecular weight is 295 g/mol. The molecule has 1 aliphatic heterocycles. The molecule has 2 fully saturated rings. The molecule has 0 spiro atoms. The summed E-state index contributed by atoms with van der Waals surface area (Å²) in [5.74, 6) is 0.312. The van der Waals surface area contributed by atoms with Crippen molar-refractivity contribution >= 4 is 11.8 Å². The van der Waals surface area contributed by atoms with Crippen molar-refractivity contribution in [2.75, 3.05) is 19.6 Å². The van der Waals surface area contributed by atoms with Crippen molar-refractivity contribution in [3.63, 3.8) is 0 Å². The lowest BCUT2D eigenvalue weighted by molar-refractivity contribution is -0.140. The summed E-state index contributed by atoms with van der Waals surface area (Å²) in [6, 6.07) is 0. The fourth-order valence-corrected chi connectivity index (χ4v) is 3.41. The second-order valence-corrected chi connectivity index (χ2v) is 6.57. The number of carbonyl (C=O) groups excluding carboxylic acids is 2. The van der Waals surface area contributed by atoms with E-state index in [4.69, 9.17) is 5.73 Å². The third kappa shape index (κ3) is 3.96. The lowest BCUT2D eigenvalue weighted by Crippen LogP contribution is -2.55. The summed E-state index contributed by atoms with van der Waals surface area (Å²) in [5, 5.41) is 2.99. The van der Waals surface area contributed by atoms with E-state index in [1.165, 1.54) is 0 Å². The third-order valence-corrected chi connectivity index (χ3v) is 4.90. The first-order valence-corrected chi connectivity index (χ1v) is 8.43. The zero-order chi connectivity index (χ0) is 15.3. The van der Waals surface area contributed by atoms with Crippen molar-refractivity contribution in [2.24, 2.45) is 11.7 Å². The number of nitrogens with zero attached hydrogens (tertiary/aromatic N) is 1. The Morgan fingerprint density at radius 2 is 1.86 bits per heavy atom. The Balaban J connectivity index is 1.77. The number of carbonyl (C=O) groups is 2. The molecular formula is C16H29N3O2. The minimum Gasteiger partial charge on any atom is -0.356 e. The van der Waals surface area contributed by atoms with Gasteiger partial charge in [-0.25, -0.2) is 0 Å². The van der Waals surface area contributed by atoms with E-state index in [1.54, 1.807) is 0 Å². The summed E-state index contributed by atoms with van der Waals surface area (Å²) in [4.78, 5) is 26.4. The van der Waals surface area contributed by atoms with Crippen LogP contribution in [0.3, 0.4) is 0 Å². The second kappa shape index (κ2) is 7.25. The molecule has 1 aliphatic carbocycles. The lowest BCUT2D eigenvalue weighted by atomic mass is 9.92. The predicted octanol–water partition coefficient (Wildman–Crippen LogP) is 1.41. The van der Waals surface area contributed by atoms with Crippen LogP contribution in [-0.4, -0.2) is 41.9 Å². The molecule has 5 nitrogen and oxygen atoms in total. The van der Waals surface area contributed by atoms with Crippen molar-refractivity contribution < 1.29 is 9.59 Å². The predicted molar refractivity (Wildman–Crippen MR) is 82.6 cm³/mol. The van der Waals surface area contributed by atoms with Crippen molar-refractivity contribution in [3.05, 3.63) is 0 Å². The number of rotatable bonds is 5. The topological polar surface area (TPSA) is 75.4 Å². The first-order valence-electron chi connectivity index (χ1n) is 8.43. The molecular weight excluding hydrogens is 266 g/mol. The maximum atomic E-state index is 12.5. The molecule has 21 heavy (non-hydrogen) atoms. The van der Waals surface area contributed by atoms with Gasteiger partial charge >= 0.3 is 0 Å². The molecule has 1 heterocycles. The molecule has 0 atom stereocenters. The molecule has 5 heteroatoms. The molecule has 0 aromatic heterocycles. The van der Waals surface area contributed by atoms with Gasteiger partial charge in [-0.2, -0.15) is 0 Å². The number of nitrogens with two attached hydrogens (primary N) is 1. The van der Waals surface area contributed by atoms with Gasteiger partial charge in [0.25, 0.3) is 0 Å². The summed E-state index contributed by atoms with van der Waals surface area (Å²) < 4.78 is 0. The van der Waals surface area contributed by atoms with Gasteiger partial charge in [-0.1, -0.05) is 26.2 Å². The van der Waals surface area contributed by atoms with Gasteiger partial charge < -0.3 is 16.0 Å². The van der Waals surface area contributed by atoms with Gasteiger partial charge in [0.15, 0.2) is 0 Å². The van der Waals surface area contributed by atoms with E-state index < -0.39 is 5.54 Å². The zero-order valence-corrected chi connectivity index (χ0v) is 13.2. The molecule has 3 N–H and O–H groups in total. The molecule has 0 radical (unpaired) electrons. The Morgan fingerprint density at radius 1 is 1.24 bits per heavy atom. The lowest BCUT2D eigenvalue weighted by Gasteiger charge is -2.36. The molecule has 0 bridgehead atoms. The number of hydrogen-bond donors (Lipinski definition) is 2. The highest BCUT2D eigenvalue weighted by Gasteiger charge is 2.41. The summed E-state index contributed by atoms with van der Waals surface area (Å²) in [7, 11) is 0. The van der Waals surface area contributed by atoms with Gasteiger partial charge in [0.2, 0.25) is 11.8 Å². The van der Waals surface area contributed by atoms with Gasteiger partial charge in [0, 0.05) is 25.6 Å². The van der Waals surface area contributed by atoms with E-state index in [2.05, 4.69) is 12.2 Å². The number of likely N-dealkylation sites (tertiary alicyclic amines) is 1. The first-order chi connectivity index (χ1) is 10.1. The van der Waals surface area contributed by atoms with Crippen LogP contribution in [0.2, 0.25) is 0 Å². The Hall–Kier alpha value is -1.10. The second-order valence-electron chi connectivity index (χ2n) is 6.57. The molecule has 1 saturated heterocycles. The highest BCUT2D eigenvalue weighted by Crippen LogP contribution is 2.30. The van der Waals surface area contributed by atoms with Crippen LogP contribution >= 0.6 is 0 Å². The molecule has 0 aromatic rings. The Labute approximate surface area is 127 Å². The van der Waals surface area contributed by atoms with Crippen LogP contribution in [0.5, 0.6) is 0 Å². The highest BCUT2D eigenvalue weighted by atomic mass is 16.2. The zero-order valence-electron chi connectivity index (χ0n) is 13.2. The maximum Gasteiger partial charge on any atom is 0.242 e. The SMILES string of the molecule is CCCCNC(=O)C1CCN(C(=O)C2(N)CCCC2)CC1. The molecule has 2 aliphatic rings. The minimum absolute atomic E-state index is 0.0585. The number of piperidine rings is 1. The molecule has 2 amide bonds. The standard InChI is InChI=1S/C16H29N3O2/c1-2-3-10-18-14(20)13-6-11-19(12-7-13)15(21)16(17)8-4-5-9-16/h13H,2-12,17H2,1H3,(H,18,20). The van der Waals surface area contributed by atoms with Crippen LogP contribution in [0, 0.1) is 5.92 Å². The van der Waals surface area contributed by atoms with E-state index in [9.17, 15) is 9.59 Å². The third-order valence-electron chi connectivity index (χ3n) is 4.90.